The summed E-state index contributed by atoms with van der Waals surface area (Å²) in [6.45, 7) is 4.21. The lowest BCUT2D eigenvalue weighted by atomic mass is 10.1. The van der Waals surface area contributed by atoms with Gasteiger partial charge in [0.25, 0.3) is 0 Å². The maximum Gasteiger partial charge on any atom is 0.0369 e. The number of nitrogens with two attached hydrogens (primary N) is 1. The Kier molecular flexibility index (Phi) is 4.13. The highest BCUT2D eigenvalue weighted by Gasteiger charge is 2.18. The van der Waals surface area contributed by atoms with Crippen LogP contribution in [0.15, 0.2) is 24.3 Å². The molecule has 16 heavy (non-hydrogen) atoms. The molecular formula is C13H20N2S. The molecule has 1 saturated heterocycles. The molecule has 0 aromatic heterocycles. The summed E-state index contributed by atoms with van der Waals surface area (Å²) in [7, 11) is 0. The standard InChI is InChI=1S/C13H20N2S/c1-11-10-16-9-8-15(11)13-4-2-12(3-5-13)6-7-14/h2-5,11H,6-10,14H2,1H3. The molecule has 3 heteroatoms. The van der Waals surface area contributed by atoms with Crippen molar-refractivity contribution in [2.45, 2.75) is 19.4 Å². The second-order valence-electron chi connectivity index (χ2n) is 4.32. The summed E-state index contributed by atoms with van der Waals surface area (Å²) in [6, 6.07) is 9.53. The Morgan fingerprint density at radius 1 is 1.38 bits per heavy atom. The van der Waals surface area contributed by atoms with Crippen molar-refractivity contribution in [1.82, 2.24) is 0 Å². The second kappa shape index (κ2) is 5.60. The van der Waals surface area contributed by atoms with E-state index in [-0.39, 0.29) is 0 Å². The first-order valence-corrected chi connectivity index (χ1v) is 7.10. The monoisotopic (exact) mass is 236 g/mol. The molecule has 2 rings (SSSR count). The maximum absolute atomic E-state index is 5.55. The number of thioether (sulfide) groups is 1. The normalized spacial score (nSPS) is 21.1. The Bertz CT molecular complexity index is 323. The molecule has 0 spiro atoms. The van der Waals surface area contributed by atoms with Gasteiger partial charge in [-0.05, 0) is 37.6 Å². The third kappa shape index (κ3) is 2.71. The average Bonchev–Trinajstić information content (AvgIpc) is 2.31. The van der Waals surface area contributed by atoms with E-state index < -0.39 is 0 Å². The minimum Gasteiger partial charge on any atom is -0.367 e. The Labute approximate surface area is 102 Å². The first-order valence-electron chi connectivity index (χ1n) is 5.94. The van der Waals surface area contributed by atoms with E-state index in [1.165, 1.54) is 29.3 Å². The van der Waals surface area contributed by atoms with Gasteiger partial charge in [-0.15, -0.1) is 0 Å². The molecule has 1 aliphatic rings. The van der Waals surface area contributed by atoms with E-state index in [1.807, 2.05) is 0 Å². The topological polar surface area (TPSA) is 29.3 Å². The molecule has 0 aliphatic carbocycles. The molecule has 0 radical (unpaired) electrons. The lowest BCUT2D eigenvalue weighted by Crippen LogP contribution is -2.40. The van der Waals surface area contributed by atoms with E-state index in [9.17, 15) is 0 Å². The summed E-state index contributed by atoms with van der Waals surface area (Å²) in [4.78, 5) is 2.50. The third-order valence-electron chi connectivity index (χ3n) is 3.07. The van der Waals surface area contributed by atoms with Crippen molar-refractivity contribution >= 4 is 17.4 Å². The van der Waals surface area contributed by atoms with Gasteiger partial charge in [-0.2, -0.15) is 11.8 Å². The minimum atomic E-state index is 0.652. The van der Waals surface area contributed by atoms with Crippen LogP contribution in [-0.4, -0.2) is 30.6 Å². The second-order valence-corrected chi connectivity index (χ2v) is 5.47. The molecule has 1 aromatic carbocycles. The van der Waals surface area contributed by atoms with E-state index in [0.717, 1.165) is 13.0 Å². The van der Waals surface area contributed by atoms with Crippen LogP contribution in [0.3, 0.4) is 0 Å². The summed E-state index contributed by atoms with van der Waals surface area (Å²) in [5.41, 5.74) is 8.24. The van der Waals surface area contributed by atoms with Crippen LogP contribution < -0.4 is 10.6 Å². The predicted octanol–water partition coefficient (Wildman–Crippen LogP) is 2.13. The molecular weight excluding hydrogens is 216 g/mol. The number of rotatable bonds is 3. The van der Waals surface area contributed by atoms with Crippen molar-refractivity contribution in [3.05, 3.63) is 29.8 Å². The summed E-state index contributed by atoms with van der Waals surface area (Å²) in [5.74, 6) is 2.49. The summed E-state index contributed by atoms with van der Waals surface area (Å²) < 4.78 is 0. The van der Waals surface area contributed by atoms with Crippen LogP contribution in [-0.2, 0) is 6.42 Å². The van der Waals surface area contributed by atoms with Crippen LogP contribution in [0.1, 0.15) is 12.5 Å². The van der Waals surface area contributed by atoms with Crippen molar-refractivity contribution in [2.75, 3.05) is 29.5 Å². The summed E-state index contributed by atoms with van der Waals surface area (Å²) >= 11 is 2.05. The fraction of sp³-hybridized carbons (Fsp3) is 0.538. The molecule has 0 bridgehead atoms. The molecule has 2 nitrogen and oxygen atoms in total. The van der Waals surface area contributed by atoms with Crippen LogP contribution in [0.5, 0.6) is 0 Å². The van der Waals surface area contributed by atoms with Crippen LogP contribution in [0.25, 0.3) is 0 Å². The Morgan fingerprint density at radius 3 is 2.75 bits per heavy atom. The highest BCUT2D eigenvalue weighted by Crippen LogP contribution is 2.24. The number of nitrogens with zero attached hydrogens (tertiary/aromatic N) is 1. The predicted molar refractivity (Wildman–Crippen MR) is 73.3 cm³/mol. The molecule has 1 aromatic rings. The quantitative estimate of drug-likeness (QED) is 0.872. The molecule has 0 amide bonds. The highest BCUT2D eigenvalue weighted by atomic mass is 32.2. The maximum atomic E-state index is 5.55. The molecule has 1 aliphatic heterocycles. The molecule has 0 saturated carbocycles. The van der Waals surface area contributed by atoms with Gasteiger partial charge >= 0.3 is 0 Å². The van der Waals surface area contributed by atoms with Crippen LogP contribution >= 0.6 is 11.8 Å². The van der Waals surface area contributed by atoms with Gasteiger partial charge in [0.15, 0.2) is 0 Å². The lowest BCUT2D eigenvalue weighted by molar-refractivity contribution is 0.700. The smallest absolute Gasteiger partial charge is 0.0369 e. The van der Waals surface area contributed by atoms with Gasteiger partial charge in [0.2, 0.25) is 0 Å². The molecule has 1 unspecified atom stereocenters. The van der Waals surface area contributed by atoms with E-state index >= 15 is 0 Å². The largest absolute Gasteiger partial charge is 0.367 e. The van der Waals surface area contributed by atoms with Gasteiger partial charge in [-0.3, -0.25) is 0 Å². The van der Waals surface area contributed by atoms with E-state index in [2.05, 4.69) is 47.9 Å². The zero-order valence-electron chi connectivity index (χ0n) is 9.86. The fourth-order valence-electron chi connectivity index (χ4n) is 2.13. The van der Waals surface area contributed by atoms with Crippen molar-refractivity contribution in [2.24, 2.45) is 5.73 Å². The highest BCUT2D eigenvalue weighted by molar-refractivity contribution is 7.99. The molecule has 1 atom stereocenters. The third-order valence-corrected chi connectivity index (χ3v) is 4.26. The molecule has 2 N–H and O–H groups in total. The van der Waals surface area contributed by atoms with Crippen molar-refractivity contribution in [1.29, 1.82) is 0 Å². The van der Waals surface area contributed by atoms with Gasteiger partial charge < -0.3 is 10.6 Å². The number of hydrogen-bond donors (Lipinski definition) is 1. The average molecular weight is 236 g/mol. The summed E-state index contributed by atoms with van der Waals surface area (Å²) in [5, 5.41) is 0. The summed E-state index contributed by atoms with van der Waals surface area (Å²) in [6.07, 6.45) is 0.978. The number of hydrogen-bond acceptors (Lipinski definition) is 3. The number of anilines is 1. The van der Waals surface area contributed by atoms with Crippen LogP contribution in [0.4, 0.5) is 5.69 Å². The first-order chi connectivity index (χ1) is 7.81. The van der Waals surface area contributed by atoms with E-state index in [1.54, 1.807) is 0 Å². The zero-order valence-corrected chi connectivity index (χ0v) is 10.7. The van der Waals surface area contributed by atoms with E-state index in [4.69, 9.17) is 5.73 Å². The first kappa shape index (κ1) is 11.8. The van der Waals surface area contributed by atoms with Crippen LogP contribution in [0, 0.1) is 0 Å². The van der Waals surface area contributed by atoms with Crippen molar-refractivity contribution in [3.63, 3.8) is 0 Å². The van der Waals surface area contributed by atoms with E-state index in [0.29, 0.717) is 6.04 Å². The minimum absolute atomic E-state index is 0.652. The lowest BCUT2D eigenvalue weighted by Gasteiger charge is -2.35. The SMILES string of the molecule is CC1CSCCN1c1ccc(CCN)cc1. The van der Waals surface area contributed by atoms with Gasteiger partial charge in [0.1, 0.15) is 0 Å². The molecule has 1 heterocycles. The van der Waals surface area contributed by atoms with Gasteiger partial charge in [-0.1, -0.05) is 12.1 Å². The number of benzene rings is 1. The zero-order chi connectivity index (χ0) is 11.4. The van der Waals surface area contributed by atoms with Gasteiger partial charge in [-0.25, -0.2) is 0 Å². The molecule has 1 fully saturated rings. The Balaban J connectivity index is 2.08. The van der Waals surface area contributed by atoms with Crippen LogP contribution in [0.2, 0.25) is 0 Å². The van der Waals surface area contributed by atoms with Crippen molar-refractivity contribution in [3.8, 4) is 0 Å². The Morgan fingerprint density at radius 2 is 2.12 bits per heavy atom. The van der Waals surface area contributed by atoms with Crippen molar-refractivity contribution < 1.29 is 0 Å². The molecule has 88 valence electrons. The Hall–Kier alpha value is -0.670. The fourth-order valence-corrected chi connectivity index (χ4v) is 3.15. The van der Waals surface area contributed by atoms with Gasteiger partial charge in [0, 0.05) is 29.8 Å². The van der Waals surface area contributed by atoms with Gasteiger partial charge in [0.05, 0.1) is 0 Å².